The average Bonchev–Trinajstić information content (AvgIpc) is 2.68. The highest BCUT2D eigenvalue weighted by Crippen LogP contribution is 2.18. The number of aromatic nitrogens is 1. The summed E-state index contributed by atoms with van der Waals surface area (Å²) in [7, 11) is 0. The summed E-state index contributed by atoms with van der Waals surface area (Å²) in [4.78, 5) is 16.1. The smallest absolute Gasteiger partial charge is 0.270 e. The third-order valence-corrected chi connectivity index (χ3v) is 4.02. The van der Waals surface area contributed by atoms with Crippen LogP contribution in [-0.4, -0.2) is 16.9 Å². The molecule has 18 heavy (non-hydrogen) atoms. The fraction of sp³-hybridized carbons (Fsp3) is 0.667. The summed E-state index contributed by atoms with van der Waals surface area (Å²) in [6, 6.07) is 0.327. The topological polar surface area (TPSA) is 68.0 Å². The van der Waals surface area contributed by atoms with E-state index in [0.717, 1.165) is 17.8 Å². The molecular weight excluding hydrogens is 270 g/mol. The minimum absolute atomic E-state index is 0. The van der Waals surface area contributed by atoms with Crippen LogP contribution < -0.4 is 11.1 Å². The van der Waals surface area contributed by atoms with Crippen molar-refractivity contribution in [2.75, 3.05) is 0 Å². The number of hydrogen-bond acceptors (Lipinski definition) is 4. The van der Waals surface area contributed by atoms with Crippen LogP contribution in [0.25, 0.3) is 0 Å². The van der Waals surface area contributed by atoms with Crippen molar-refractivity contribution >= 4 is 29.7 Å². The van der Waals surface area contributed by atoms with Gasteiger partial charge >= 0.3 is 0 Å². The van der Waals surface area contributed by atoms with Crippen molar-refractivity contribution in [1.29, 1.82) is 0 Å². The lowest BCUT2D eigenvalue weighted by atomic mass is 10.1. The number of nitrogens with one attached hydrogen (secondary N) is 1. The van der Waals surface area contributed by atoms with Crippen molar-refractivity contribution in [2.45, 2.75) is 51.1 Å². The number of amides is 1. The van der Waals surface area contributed by atoms with E-state index in [0.29, 0.717) is 18.3 Å². The van der Waals surface area contributed by atoms with Gasteiger partial charge in [-0.3, -0.25) is 4.79 Å². The lowest BCUT2D eigenvalue weighted by Crippen LogP contribution is -2.34. The van der Waals surface area contributed by atoms with E-state index in [1.807, 2.05) is 0 Å². The van der Waals surface area contributed by atoms with E-state index in [2.05, 4.69) is 10.3 Å². The third-order valence-electron chi connectivity index (χ3n) is 3.15. The molecule has 0 aliphatic heterocycles. The van der Waals surface area contributed by atoms with Crippen molar-refractivity contribution in [3.8, 4) is 0 Å². The van der Waals surface area contributed by atoms with E-state index in [9.17, 15) is 4.79 Å². The minimum Gasteiger partial charge on any atom is -0.348 e. The van der Waals surface area contributed by atoms with Crippen molar-refractivity contribution in [1.82, 2.24) is 10.3 Å². The van der Waals surface area contributed by atoms with Gasteiger partial charge in [0.05, 0.1) is 0 Å². The van der Waals surface area contributed by atoms with Crippen LogP contribution in [-0.2, 0) is 6.54 Å². The van der Waals surface area contributed by atoms with Crippen LogP contribution in [0.5, 0.6) is 0 Å². The number of carbonyl (C=O) groups is 1. The molecule has 0 bridgehead atoms. The van der Waals surface area contributed by atoms with Gasteiger partial charge in [0.15, 0.2) is 0 Å². The molecule has 0 radical (unpaired) electrons. The number of carbonyl (C=O) groups excluding carboxylic acids is 1. The number of nitrogens with two attached hydrogens (primary N) is 1. The van der Waals surface area contributed by atoms with Crippen LogP contribution in [0.1, 0.15) is 54.0 Å². The number of halogens is 1. The Bertz CT molecular complexity index is 375. The SMILES string of the molecule is Cl.NCc1nc(C(=O)NC2CCCCCC2)cs1. The quantitative estimate of drug-likeness (QED) is 0.840. The van der Waals surface area contributed by atoms with Gasteiger partial charge in [-0.2, -0.15) is 0 Å². The first-order valence-corrected chi connectivity index (χ1v) is 7.13. The molecule has 2 rings (SSSR count). The molecule has 1 saturated carbocycles. The molecular formula is C12H20ClN3OS. The predicted octanol–water partition coefficient (Wildman–Crippen LogP) is 2.48. The first-order chi connectivity index (χ1) is 8.29. The Morgan fingerprint density at radius 1 is 1.39 bits per heavy atom. The van der Waals surface area contributed by atoms with Crippen molar-refractivity contribution in [3.05, 3.63) is 16.1 Å². The van der Waals surface area contributed by atoms with Crippen molar-refractivity contribution in [2.24, 2.45) is 5.73 Å². The predicted molar refractivity (Wildman–Crippen MR) is 76.2 cm³/mol. The van der Waals surface area contributed by atoms with E-state index in [-0.39, 0.29) is 18.3 Å². The molecule has 1 fully saturated rings. The molecule has 0 unspecified atom stereocenters. The van der Waals surface area contributed by atoms with Gasteiger partial charge in [0.1, 0.15) is 10.7 Å². The molecule has 1 aliphatic carbocycles. The Morgan fingerprint density at radius 2 is 2.06 bits per heavy atom. The summed E-state index contributed by atoms with van der Waals surface area (Å²) < 4.78 is 0. The normalized spacial score (nSPS) is 16.7. The number of rotatable bonds is 3. The van der Waals surface area contributed by atoms with Gasteiger partial charge < -0.3 is 11.1 Å². The molecule has 1 heterocycles. The maximum absolute atomic E-state index is 11.9. The molecule has 1 aromatic rings. The summed E-state index contributed by atoms with van der Waals surface area (Å²) in [6.45, 7) is 0.404. The maximum atomic E-state index is 11.9. The molecule has 3 N–H and O–H groups in total. The summed E-state index contributed by atoms with van der Waals surface area (Å²) >= 11 is 1.45. The first kappa shape index (κ1) is 15.4. The molecule has 1 amide bonds. The van der Waals surface area contributed by atoms with E-state index in [4.69, 9.17) is 5.73 Å². The lowest BCUT2D eigenvalue weighted by Gasteiger charge is -2.15. The highest BCUT2D eigenvalue weighted by Gasteiger charge is 2.17. The number of nitrogens with zero attached hydrogens (tertiary/aromatic N) is 1. The molecule has 1 aliphatic rings. The molecule has 4 nitrogen and oxygen atoms in total. The van der Waals surface area contributed by atoms with Crippen molar-refractivity contribution in [3.63, 3.8) is 0 Å². The Labute approximate surface area is 118 Å². The molecule has 1 aromatic heterocycles. The first-order valence-electron chi connectivity index (χ1n) is 6.25. The Kier molecular flexibility index (Phi) is 6.60. The second-order valence-electron chi connectivity index (χ2n) is 4.49. The monoisotopic (exact) mass is 289 g/mol. The van der Waals surface area contributed by atoms with E-state index in [1.54, 1.807) is 5.38 Å². The highest BCUT2D eigenvalue weighted by molar-refractivity contribution is 7.09. The van der Waals surface area contributed by atoms with Gasteiger partial charge in [-0.15, -0.1) is 23.7 Å². The van der Waals surface area contributed by atoms with Crippen LogP contribution in [0.3, 0.4) is 0 Å². The fourth-order valence-corrected chi connectivity index (χ4v) is 2.85. The van der Waals surface area contributed by atoms with Crippen molar-refractivity contribution < 1.29 is 4.79 Å². The minimum atomic E-state index is -0.0483. The molecule has 0 atom stereocenters. The number of thiazole rings is 1. The van der Waals surface area contributed by atoms with Gasteiger partial charge in [0.2, 0.25) is 0 Å². The van der Waals surface area contributed by atoms with Gasteiger partial charge in [0, 0.05) is 18.0 Å². The van der Waals surface area contributed by atoms with Crippen LogP contribution in [0, 0.1) is 0 Å². The van der Waals surface area contributed by atoms with Gasteiger partial charge in [-0.1, -0.05) is 25.7 Å². The molecule has 0 saturated heterocycles. The van der Waals surface area contributed by atoms with Crippen LogP contribution >= 0.6 is 23.7 Å². The highest BCUT2D eigenvalue weighted by atomic mass is 35.5. The summed E-state index contributed by atoms with van der Waals surface area (Å²) in [5, 5.41) is 5.68. The van der Waals surface area contributed by atoms with Gasteiger partial charge in [-0.25, -0.2) is 4.98 Å². The summed E-state index contributed by atoms with van der Waals surface area (Å²) in [6.07, 6.45) is 7.21. The van der Waals surface area contributed by atoms with Gasteiger partial charge in [0.25, 0.3) is 5.91 Å². The van der Waals surface area contributed by atoms with Crippen LogP contribution in [0.4, 0.5) is 0 Å². The summed E-state index contributed by atoms with van der Waals surface area (Å²) in [5.74, 6) is -0.0483. The zero-order chi connectivity index (χ0) is 12.1. The maximum Gasteiger partial charge on any atom is 0.270 e. The Hall–Kier alpha value is -0.650. The van der Waals surface area contributed by atoms with E-state index < -0.39 is 0 Å². The third kappa shape index (κ3) is 4.23. The lowest BCUT2D eigenvalue weighted by molar-refractivity contribution is 0.0929. The number of hydrogen-bond donors (Lipinski definition) is 2. The second kappa shape index (κ2) is 7.71. The standard InChI is InChI=1S/C12H19N3OS.ClH/c13-7-11-15-10(8-17-11)12(16)14-9-5-3-1-2-4-6-9;/h8-9H,1-7,13H2,(H,14,16);1H. The molecule has 102 valence electrons. The molecule has 0 aromatic carbocycles. The van der Waals surface area contributed by atoms with Gasteiger partial charge in [-0.05, 0) is 12.8 Å². The molecule has 6 heteroatoms. The van der Waals surface area contributed by atoms with Crippen LogP contribution in [0.15, 0.2) is 5.38 Å². The van der Waals surface area contributed by atoms with Crippen LogP contribution in [0.2, 0.25) is 0 Å². The summed E-state index contributed by atoms with van der Waals surface area (Å²) in [5.41, 5.74) is 6.00. The largest absolute Gasteiger partial charge is 0.348 e. The average molecular weight is 290 g/mol. The zero-order valence-corrected chi connectivity index (χ0v) is 12.0. The second-order valence-corrected chi connectivity index (χ2v) is 5.44. The zero-order valence-electron chi connectivity index (χ0n) is 10.4. The Balaban J connectivity index is 0.00000162. The molecule has 0 spiro atoms. The Morgan fingerprint density at radius 3 is 2.61 bits per heavy atom. The fourth-order valence-electron chi connectivity index (χ4n) is 2.19. The van der Waals surface area contributed by atoms with E-state index >= 15 is 0 Å². The van der Waals surface area contributed by atoms with E-state index in [1.165, 1.54) is 37.0 Å².